The molecule has 7 heteroatoms. The Morgan fingerprint density at radius 1 is 0.441 bits per heavy atom. The van der Waals surface area contributed by atoms with E-state index in [0.29, 0.717) is 11.8 Å². The molecule has 59 heavy (non-hydrogen) atoms. The van der Waals surface area contributed by atoms with Crippen LogP contribution in [0.4, 0.5) is 17.1 Å². The zero-order valence-corrected chi connectivity index (χ0v) is 33.4. The fourth-order valence-corrected chi connectivity index (χ4v) is 13.4. The van der Waals surface area contributed by atoms with Gasteiger partial charge >= 0.3 is 0 Å². The van der Waals surface area contributed by atoms with E-state index >= 15 is 0 Å². The smallest absolute Gasteiger partial charge is 0.248 e. The van der Waals surface area contributed by atoms with E-state index < -0.39 is 8.07 Å². The fraction of sp³-hybridized carbons (Fsp3) is 0.0385. The highest BCUT2D eigenvalue weighted by Gasteiger charge is 2.43. The first kappa shape index (κ1) is 33.6. The van der Waals surface area contributed by atoms with Crippen molar-refractivity contribution in [2.45, 2.75) is 13.1 Å². The Balaban J connectivity index is 1.05. The van der Waals surface area contributed by atoms with Crippen LogP contribution in [0.2, 0.25) is 13.1 Å². The maximum Gasteiger partial charge on any atom is 0.248 e. The van der Waals surface area contributed by atoms with Gasteiger partial charge in [-0.2, -0.15) is 0 Å². The first-order valence-corrected chi connectivity index (χ1v) is 23.0. The molecule has 0 fully saturated rings. The molecule has 0 saturated heterocycles. The lowest BCUT2D eigenvalue weighted by Crippen LogP contribution is -2.51. The Hall–Kier alpha value is -7.48. The predicted octanol–water partition coefficient (Wildman–Crippen LogP) is 12.5. The molecule has 0 N–H and O–H groups in total. The maximum absolute atomic E-state index is 6.86. The second-order valence-corrected chi connectivity index (χ2v) is 20.1. The number of nitrogens with zero attached hydrogens (tertiary/aromatic N) is 4. The van der Waals surface area contributed by atoms with Crippen LogP contribution in [-0.2, 0) is 0 Å². The van der Waals surface area contributed by atoms with Crippen molar-refractivity contribution in [1.29, 1.82) is 0 Å². The van der Waals surface area contributed by atoms with Crippen molar-refractivity contribution >= 4 is 57.3 Å². The highest BCUT2D eigenvalue weighted by atomic mass is 28.3. The van der Waals surface area contributed by atoms with Crippen LogP contribution in [0, 0.1) is 0 Å². The van der Waals surface area contributed by atoms with E-state index in [1.807, 2.05) is 36.4 Å². The van der Waals surface area contributed by atoms with Crippen molar-refractivity contribution in [1.82, 2.24) is 14.8 Å². The molecule has 2 aliphatic heterocycles. The number of hydrogen-bond acceptors (Lipinski definition) is 5. The molecule has 2 aromatic heterocycles. The third-order valence-corrected chi connectivity index (χ3v) is 15.7. The molecule has 0 aliphatic carbocycles. The monoisotopic (exact) mass is 776 g/mol. The van der Waals surface area contributed by atoms with Crippen LogP contribution in [0.5, 0.6) is 11.5 Å². The molecular formula is C52H36N4O2Si. The highest BCUT2D eigenvalue weighted by molar-refractivity contribution is 7.05. The quantitative estimate of drug-likeness (QED) is 0.163. The molecule has 8 aromatic carbocycles. The Morgan fingerprint density at radius 3 is 1.88 bits per heavy atom. The number of benzene rings is 8. The van der Waals surface area contributed by atoms with Crippen molar-refractivity contribution in [3.8, 4) is 62.3 Å². The lowest BCUT2D eigenvalue weighted by molar-refractivity contribution is 0.477. The molecule has 12 rings (SSSR count). The SMILES string of the molecule is C[Si]1(C)c2c(-c3ccccc3-c3nnc(-c4ccccc4)o3)cccc2-c2cccc(N3c4ccccc4Oc4cc5c(cc43)c3ccccc3n5-c3ccccc3)c21. The minimum atomic E-state index is -2.44. The summed E-state index contributed by atoms with van der Waals surface area (Å²) < 4.78 is 15.6. The molecule has 6 nitrogen and oxygen atoms in total. The summed E-state index contributed by atoms with van der Waals surface area (Å²) >= 11 is 0. The maximum atomic E-state index is 6.86. The molecule has 0 bridgehead atoms. The molecule has 0 atom stereocenters. The Labute approximate surface area is 342 Å². The molecule has 0 saturated carbocycles. The zero-order valence-electron chi connectivity index (χ0n) is 32.4. The first-order valence-electron chi connectivity index (χ1n) is 20.0. The van der Waals surface area contributed by atoms with Crippen LogP contribution >= 0.6 is 0 Å². The normalized spacial score (nSPS) is 13.5. The van der Waals surface area contributed by atoms with Gasteiger partial charge in [0.25, 0.3) is 0 Å². The molecule has 0 unspecified atom stereocenters. The number of fused-ring (bicyclic) bond motifs is 8. The van der Waals surface area contributed by atoms with Gasteiger partial charge in [-0.15, -0.1) is 10.2 Å². The average molecular weight is 777 g/mol. The molecule has 280 valence electrons. The average Bonchev–Trinajstić information content (AvgIpc) is 3.97. The Morgan fingerprint density at radius 2 is 1.05 bits per heavy atom. The second kappa shape index (κ2) is 12.8. The summed E-state index contributed by atoms with van der Waals surface area (Å²) in [7, 11) is -2.44. The Kier molecular flexibility index (Phi) is 7.28. The number of aromatic nitrogens is 3. The number of anilines is 3. The van der Waals surface area contributed by atoms with Crippen LogP contribution < -0.4 is 20.0 Å². The van der Waals surface area contributed by atoms with Crippen LogP contribution in [0.3, 0.4) is 0 Å². The van der Waals surface area contributed by atoms with Gasteiger partial charge in [0, 0.05) is 39.3 Å². The fourth-order valence-electron chi connectivity index (χ4n) is 9.67. The van der Waals surface area contributed by atoms with Gasteiger partial charge in [0.2, 0.25) is 11.8 Å². The molecule has 0 radical (unpaired) electrons. The van der Waals surface area contributed by atoms with Gasteiger partial charge in [-0.05, 0) is 93.3 Å². The van der Waals surface area contributed by atoms with Gasteiger partial charge in [0.05, 0.1) is 22.4 Å². The van der Waals surface area contributed by atoms with Gasteiger partial charge in [0.15, 0.2) is 11.5 Å². The summed E-state index contributed by atoms with van der Waals surface area (Å²) in [6.07, 6.45) is 0. The third kappa shape index (κ3) is 4.98. The number of rotatable bonds is 5. The molecule has 10 aromatic rings. The number of para-hydroxylation sites is 4. The van der Waals surface area contributed by atoms with Gasteiger partial charge < -0.3 is 18.6 Å². The van der Waals surface area contributed by atoms with Crippen LogP contribution in [0.1, 0.15) is 0 Å². The minimum absolute atomic E-state index is 0.508. The molecule has 2 aliphatic rings. The van der Waals surface area contributed by atoms with E-state index in [1.54, 1.807) is 0 Å². The lowest BCUT2D eigenvalue weighted by atomic mass is 9.95. The second-order valence-electron chi connectivity index (χ2n) is 15.8. The van der Waals surface area contributed by atoms with Crippen molar-refractivity contribution in [2.24, 2.45) is 0 Å². The summed E-state index contributed by atoms with van der Waals surface area (Å²) in [6.45, 7) is 4.99. The summed E-state index contributed by atoms with van der Waals surface area (Å²) in [4.78, 5) is 2.46. The highest BCUT2D eigenvalue weighted by Crippen LogP contribution is 2.53. The Bertz CT molecular complexity index is 3300. The van der Waals surface area contributed by atoms with E-state index in [4.69, 9.17) is 9.15 Å². The third-order valence-electron chi connectivity index (χ3n) is 12.1. The summed E-state index contributed by atoms with van der Waals surface area (Å²) in [5.74, 6) is 2.67. The predicted molar refractivity (Wildman–Crippen MR) is 242 cm³/mol. The van der Waals surface area contributed by atoms with E-state index in [0.717, 1.165) is 56.3 Å². The topological polar surface area (TPSA) is 56.3 Å². The van der Waals surface area contributed by atoms with Crippen molar-refractivity contribution in [2.75, 3.05) is 4.90 Å². The summed E-state index contributed by atoms with van der Waals surface area (Å²) in [5.41, 5.74) is 13.3. The van der Waals surface area contributed by atoms with E-state index in [-0.39, 0.29) is 0 Å². The minimum Gasteiger partial charge on any atom is -0.453 e. The van der Waals surface area contributed by atoms with Gasteiger partial charge in [-0.3, -0.25) is 0 Å². The standard InChI is InChI=1S/C52H36N4O2Si/c1-59(2)49-37(35-21-9-10-23-40(35)52-54-53-51(58-52)33-17-5-3-6-18-33)24-15-25-38(49)39-26-16-29-44(50(39)59)56-43-28-13-14-30-47(43)57-48-32-45-41(31-46(48)56)36-22-11-12-27-42(36)55(45)34-19-7-4-8-20-34/h3-32H,1-2H3. The van der Waals surface area contributed by atoms with Crippen molar-refractivity contribution in [3.05, 3.63) is 182 Å². The van der Waals surface area contributed by atoms with Gasteiger partial charge in [-0.25, -0.2) is 0 Å². The number of ether oxygens (including phenoxy) is 1. The van der Waals surface area contributed by atoms with Crippen LogP contribution in [0.15, 0.2) is 186 Å². The first-order chi connectivity index (χ1) is 29.0. The van der Waals surface area contributed by atoms with Crippen LogP contribution in [-0.4, -0.2) is 22.8 Å². The van der Waals surface area contributed by atoms with E-state index in [1.165, 1.54) is 43.5 Å². The summed E-state index contributed by atoms with van der Waals surface area (Å²) in [6, 6.07) is 64.3. The molecule has 4 heterocycles. The van der Waals surface area contributed by atoms with E-state index in [2.05, 4.69) is 178 Å². The lowest BCUT2D eigenvalue weighted by Gasteiger charge is -2.36. The largest absolute Gasteiger partial charge is 0.453 e. The number of hydrogen-bond donors (Lipinski definition) is 0. The zero-order chi connectivity index (χ0) is 39.2. The van der Waals surface area contributed by atoms with Crippen molar-refractivity contribution < 1.29 is 9.15 Å². The van der Waals surface area contributed by atoms with Crippen LogP contribution in [0.25, 0.3) is 72.7 Å². The van der Waals surface area contributed by atoms with Gasteiger partial charge in [-0.1, -0.05) is 128 Å². The van der Waals surface area contributed by atoms with Crippen molar-refractivity contribution in [3.63, 3.8) is 0 Å². The molecular weight excluding hydrogens is 741 g/mol. The molecule has 0 spiro atoms. The van der Waals surface area contributed by atoms with Gasteiger partial charge in [0.1, 0.15) is 8.07 Å². The van der Waals surface area contributed by atoms with E-state index in [9.17, 15) is 0 Å². The molecule has 0 amide bonds. The summed E-state index contributed by atoms with van der Waals surface area (Å²) in [5, 5.41) is 14.2.